The molecule has 2 aromatic rings. The van der Waals surface area contributed by atoms with Crippen molar-refractivity contribution >= 4 is 12.4 Å². The van der Waals surface area contributed by atoms with Crippen molar-refractivity contribution in [2.24, 2.45) is 0 Å². The van der Waals surface area contributed by atoms with Gasteiger partial charge in [0.05, 0.1) is 0 Å². The Bertz CT molecular complexity index is 690. The zero-order valence-corrected chi connectivity index (χ0v) is 12.6. The number of fused-ring (bicyclic) bond motifs is 1. The summed E-state index contributed by atoms with van der Waals surface area (Å²) in [5.41, 5.74) is 2.84. The van der Waals surface area contributed by atoms with E-state index in [0.717, 1.165) is 29.7 Å². The van der Waals surface area contributed by atoms with E-state index in [1.165, 1.54) is 12.1 Å². The standard InChI is InChI=1S/C16H17NO4.ClH/c18-13-2-1-9(6-14(13)19)5-12-11-8-16(21)15(20)7-10(11)3-4-17-12;/h1-2,6-8,12,17-21H,3-5H2;1H. The summed E-state index contributed by atoms with van der Waals surface area (Å²) in [6, 6.07) is 7.93. The summed E-state index contributed by atoms with van der Waals surface area (Å²) in [6.45, 7) is 0.784. The van der Waals surface area contributed by atoms with Crippen LogP contribution in [0.3, 0.4) is 0 Å². The van der Waals surface area contributed by atoms with Crippen LogP contribution in [0.2, 0.25) is 0 Å². The van der Waals surface area contributed by atoms with E-state index in [1.807, 2.05) is 0 Å². The molecule has 22 heavy (non-hydrogen) atoms. The zero-order chi connectivity index (χ0) is 15.0. The number of rotatable bonds is 2. The van der Waals surface area contributed by atoms with Crippen LogP contribution in [0.5, 0.6) is 23.0 Å². The zero-order valence-electron chi connectivity index (χ0n) is 11.8. The van der Waals surface area contributed by atoms with Gasteiger partial charge in [-0.15, -0.1) is 12.4 Å². The summed E-state index contributed by atoms with van der Waals surface area (Å²) < 4.78 is 0. The number of benzene rings is 2. The number of phenols is 4. The molecule has 118 valence electrons. The second kappa shape index (κ2) is 6.34. The summed E-state index contributed by atoms with van der Waals surface area (Å²) >= 11 is 0. The first kappa shape index (κ1) is 16.3. The third-order valence-electron chi connectivity index (χ3n) is 3.88. The highest BCUT2D eigenvalue weighted by Gasteiger charge is 2.22. The number of hydrogen-bond donors (Lipinski definition) is 5. The van der Waals surface area contributed by atoms with Crippen LogP contribution in [0.4, 0.5) is 0 Å². The number of aromatic hydroxyl groups is 4. The van der Waals surface area contributed by atoms with Crippen LogP contribution in [0.1, 0.15) is 22.7 Å². The van der Waals surface area contributed by atoms with Crippen molar-refractivity contribution in [2.45, 2.75) is 18.9 Å². The molecule has 1 unspecified atom stereocenters. The maximum atomic E-state index is 9.69. The van der Waals surface area contributed by atoms with Crippen molar-refractivity contribution in [1.29, 1.82) is 0 Å². The van der Waals surface area contributed by atoms with Crippen LogP contribution in [0, 0.1) is 0 Å². The molecule has 5 nitrogen and oxygen atoms in total. The van der Waals surface area contributed by atoms with Gasteiger partial charge in [-0.1, -0.05) is 6.07 Å². The molecule has 0 saturated heterocycles. The Labute approximate surface area is 134 Å². The average Bonchev–Trinajstić information content (AvgIpc) is 2.45. The Balaban J connectivity index is 0.00000176. The Morgan fingerprint density at radius 3 is 2.32 bits per heavy atom. The lowest BCUT2D eigenvalue weighted by molar-refractivity contribution is 0.397. The molecule has 1 aliphatic heterocycles. The highest BCUT2D eigenvalue weighted by molar-refractivity contribution is 5.85. The summed E-state index contributed by atoms with van der Waals surface area (Å²) in [4.78, 5) is 0. The van der Waals surface area contributed by atoms with Crippen LogP contribution in [0.15, 0.2) is 30.3 Å². The van der Waals surface area contributed by atoms with E-state index >= 15 is 0 Å². The Morgan fingerprint density at radius 1 is 0.909 bits per heavy atom. The summed E-state index contributed by atoms with van der Waals surface area (Å²) in [5.74, 6) is -0.511. The highest BCUT2D eigenvalue weighted by Crippen LogP contribution is 2.35. The molecule has 1 aliphatic rings. The molecule has 0 aliphatic carbocycles. The van der Waals surface area contributed by atoms with E-state index in [-0.39, 0.29) is 41.4 Å². The highest BCUT2D eigenvalue weighted by atomic mass is 35.5. The molecule has 5 N–H and O–H groups in total. The molecule has 0 amide bonds. The van der Waals surface area contributed by atoms with Crippen molar-refractivity contribution in [2.75, 3.05) is 6.54 Å². The van der Waals surface area contributed by atoms with Crippen LogP contribution in [-0.2, 0) is 12.8 Å². The van der Waals surface area contributed by atoms with Gasteiger partial charge in [0.1, 0.15) is 0 Å². The largest absolute Gasteiger partial charge is 0.504 e. The van der Waals surface area contributed by atoms with E-state index in [1.54, 1.807) is 18.2 Å². The van der Waals surface area contributed by atoms with Crippen molar-refractivity contribution in [3.63, 3.8) is 0 Å². The lowest BCUT2D eigenvalue weighted by Crippen LogP contribution is -2.31. The summed E-state index contributed by atoms with van der Waals surface area (Å²) in [7, 11) is 0. The topological polar surface area (TPSA) is 93.0 Å². The van der Waals surface area contributed by atoms with Crippen LogP contribution >= 0.6 is 12.4 Å². The van der Waals surface area contributed by atoms with Gasteiger partial charge in [0.25, 0.3) is 0 Å². The van der Waals surface area contributed by atoms with E-state index < -0.39 is 0 Å². The minimum Gasteiger partial charge on any atom is -0.504 e. The van der Waals surface area contributed by atoms with E-state index in [0.29, 0.717) is 6.42 Å². The first-order chi connectivity index (χ1) is 10.0. The Hall–Kier alpha value is -2.11. The van der Waals surface area contributed by atoms with Gasteiger partial charge in [-0.05, 0) is 60.3 Å². The smallest absolute Gasteiger partial charge is 0.157 e. The number of halogens is 1. The van der Waals surface area contributed by atoms with Crippen molar-refractivity contribution in [3.05, 3.63) is 47.0 Å². The molecule has 6 heteroatoms. The quantitative estimate of drug-likeness (QED) is 0.547. The van der Waals surface area contributed by atoms with Gasteiger partial charge in [-0.25, -0.2) is 0 Å². The van der Waals surface area contributed by atoms with Crippen molar-refractivity contribution in [1.82, 2.24) is 5.32 Å². The van der Waals surface area contributed by atoms with Gasteiger partial charge in [0.15, 0.2) is 23.0 Å². The van der Waals surface area contributed by atoms with Gasteiger partial charge >= 0.3 is 0 Å². The van der Waals surface area contributed by atoms with Crippen LogP contribution in [0.25, 0.3) is 0 Å². The molecule has 1 atom stereocenters. The molecule has 0 radical (unpaired) electrons. The molecule has 0 fully saturated rings. The fraction of sp³-hybridized carbons (Fsp3) is 0.250. The fourth-order valence-corrected chi connectivity index (χ4v) is 2.78. The molecule has 0 aromatic heterocycles. The van der Waals surface area contributed by atoms with Crippen LogP contribution < -0.4 is 5.32 Å². The van der Waals surface area contributed by atoms with Gasteiger partial charge in [-0.3, -0.25) is 0 Å². The average molecular weight is 324 g/mol. The fourth-order valence-electron chi connectivity index (χ4n) is 2.78. The minimum absolute atomic E-state index is 0. The maximum absolute atomic E-state index is 9.69. The van der Waals surface area contributed by atoms with Crippen molar-refractivity contribution < 1.29 is 20.4 Å². The molecule has 0 saturated carbocycles. The first-order valence-corrected chi connectivity index (χ1v) is 6.83. The minimum atomic E-state index is -0.142. The molecular weight excluding hydrogens is 306 g/mol. The molecule has 0 bridgehead atoms. The van der Waals surface area contributed by atoms with Crippen LogP contribution in [-0.4, -0.2) is 27.0 Å². The summed E-state index contributed by atoms with van der Waals surface area (Å²) in [6.07, 6.45) is 1.41. The molecule has 3 rings (SSSR count). The van der Waals surface area contributed by atoms with Gasteiger partial charge < -0.3 is 25.7 Å². The Kier molecular flexibility index (Phi) is 4.68. The van der Waals surface area contributed by atoms with E-state index in [2.05, 4.69) is 5.32 Å². The molecule has 0 spiro atoms. The van der Waals surface area contributed by atoms with Gasteiger partial charge in [0, 0.05) is 6.04 Å². The Morgan fingerprint density at radius 2 is 1.59 bits per heavy atom. The third kappa shape index (κ3) is 3.05. The normalized spacial score (nSPS) is 16.6. The maximum Gasteiger partial charge on any atom is 0.157 e. The second-order valence-electron chi connectivity index (χ2n) is 5.32. The molecular formula is C16H18ClNO4. The van der Waals surface area contributed by atoms with E-state index in [4.69, 9.17) is 0 Å². The van der Waals surface area contributed by atoms with Crippen molar-refractivity contribution in [3.8, 4) is 23.0 Å². The summed E-state index contributed by atoms with van der Waals surface area (Å²) in [5, 5.41) is 41.6. The van der Waals surface area contributed by atoms with Gasteiger partial charge in [0.2, 0.25) is 0 Å². The predicted octanol–water partition coefficient (Wildman–Crippen LogP) is 2.36. The second-order valence-corrected chi connectivity index (χ2v) is 5.32. The SMILES string of the molecule is Cl.Oc1ccc(CC2NCCc3cc(O)c(O)cc32)cc1O. The van der Waals surface area contributed by atoms with Gasteiger partial charge in [-0.2, -0.15) is 0 Å². The first-order valence-electron chi connectivity index (χ1n) is 6.83. The predicted molar refractivity (Wildman–Crippen MR) is 84.9 cm³/mol. The monoisotopic (exact) mass is 323 g/mol. The lowest BCUT2D eigenvalue weighted by atomic mass is 9.90. The number of nitrogens with one attached hydrogen (secondary N) is 1. The molecule has 1 heterocycles. The number of phenolic OH excluding ortho intramolecular Hbond substituents is 4. The van der Waals surface area contributed by atoms with E-state index in [9.17, 15) is 20.4 Å². The third-order valence-corrected chi connectivity index (χ3v) is 3.88. The molecule has 2 aromatic carbocycles. The number of hydrogen-bond acceptors (Lipinski definition) is 5. The lowest BCUT2D eigenvalue weighted by Gasteiger charge is -2.27.